The number of hydrogen-bond acceptors (Lipinski definition) is 6. The summed E-state index contributed by atoms with van der Waals surface area (Å²) in [5, 5.41) is 5.29. The maximum absolute atomic E-state index is 12.7. The van der Waals surface area contributed by atoms with Crippen LogP contribution in [0.15, 0.2) is 76.5 Å². The predicted octanol–water partition coefficient (Wildman–Crippen LogP) is 3.75. The van der Waals surface area contributed by atoms with Gasteiger partial charge >= 0.3 is 0 Å². The molecule has 1 aliphatic rings. The molecule has 0 bridgehead atoms. The molecule has 2 amide bonds. The highest BCUT2D eigenvalue weighted by molar-refractivity contribution is 8.01. The van der Waals surface area contributed by atoms with E-state index in [1.165, 1.54) is 30.0 Å². The molecule has 164 valence electrons. The second-order valence-electron chi connectivity index (χ2n) is 7.17. The summed E-state index contributed by atoms with van der Waals surface area (Å²) in [5.74, 6) is -0.543. The van der Waals surface area contributed by atoms with Crippen LogP contribution in [0.4, 0.5) is 22.7 Å². The summed E-state index contributed by atoms with van der Waals surface area (Å²) in [6.45, 7) is 1.81. The Morgan fingerprint density at radius 3 is 2.53 bits per heavy atom. The van der Waals surface area contributed by atoms with Crippen molar-refractivity contribution in [2.75, 3.05) is 21.1 Å². The van der Waals surface area contributed by atoms with Gasteiger partial charge in [-0.1, -0.05) is 6.07 Å². The number of fused-ring (bicyclic) bond motifs is 1. The molecule has 32 heavy (non-hydrogen) atoms. The topological polar surface area (TPSA) is 130 Å². The number of amides is 2. The molecule has 5 N–H and O–H groups in total. The summed E-state index contributed by atoms with van der Waals surface area (Å²) >= 11 is 1.43. The first-order chi connectivity index (χ1) is 15.2. The average molecular weight is 469 g/mol. The first kappa shape index (κ1) is 21.7. The molecule has 3 aromatic rings. The number of nitrogen functional groups attached to an aromatic ring is 1. The summed E-state index contributed by atoms with van der Waals surface area (Å²) in [6, 6.07) is 17.3. The number of hydrogen-bond donors (Lipinski definition) is 4. The number of nitrogens with one attached hydrogen (secondary N) is 3. The molecule has 0 radical (unpaired) electrons. The van der Waals surface area contributed by atoms with Crippen LogP contribution in [0.3, 0.4) is 0 Å². The largest absolute Gasteiger partial charge is 0.399 e. The van der Waals surface area contributed by atoms with Gasteiger partial charge < -0.3 is 16.4 Å². The first-order valence-corrected chi connectivity index (χ1v) is 12.0. The van der Waals surface area contributed by atoms with Crippen molar-refractivity contribution in [2.45, 2.75) is 22.0 Å². The Kier molecular flexibility index (Phi) is 5.81. The molecular formula is C22H20N4O4S2. The second kappa shape index (κ2) is 8.56. The molecular weight excluding hydrogens is 448 g/mol. The number of rotatable bonds is 5. The number of thioether (sulfide) groups is 1. The van der Waals surface area contributed by atoms with E-state index in [-0.39, 0.29) is 16.1 Å². The first-order valence-electron chi connectivity index (χ1n) is 9.63. The van der Waals surface area contributed by atoms with E-state index in [0.29, 0.717) is 28.3 Å². The molecule has 0 aromatic heterocycles. The quantitative estimate of drug-likeness (QED) is 0.422. The van der Waals surface area contributed by atoms with Gasteiger partial charge in [0.25, 0.3) is 15.9 Å². The van der Waals surface area contributed by atoms with Gasteiger partial charge in [0.15, 0.2) is 0 Å². The second-order valence-corrected chi connectivity index (χ2v) is 10.2. The Hall–Kier alpha value is -3.50. The Morgan fingerprint density at radius 1 is 1.03 bits per heavy atom. The number of benzene rings is 3. The fourth-order valence-corrected chi connectivity index (χ4v) is 5.09. The molecule has 0 saturated heterocycles. The summed E-state index contributed by atoms with van der Waals surface area (Å²) in [7, 11) is -3.86. The summed E-state index contributed by atoms with van der Waals surface area (Å²) < 4.78 is 27.9. The normalized spacial score (nSPS) is 15.4. The molecule has 3 aromatic carbocycles. The molecule has 4 rings (SSSR count). The Balaban J connectivity index is 1.51. The number of anilines is 4. The lowest BCUT2D eigenvalue weighted by Crippen LogP contribution is -2.26. The van der Waals surface area contributed by atoms with Crippen LogP contribution in [-0.4, -0.2) is 25.5 Å². The highest BCUT2D eigenvalue weighted by Crippen LogP contribution is 2.36. The van der Waals surface area contributed by atoms with Crippen molar-refractivity contribution in [1.29, 1.82) is 0 Å². The summed E-state index contributed by atoms with van der Waals surface area (Å²) in [6.07, 6.45) is 0. The minimum Gasteiger partial charge on any atom is -0.399 e. The van der Waals surface area contributed by atoms with Gasteiger partial charge in [-0.25, -0.2) is 8.42 Å². The zero-order valence-electron chi connectivity index (χ0n) is 17.0. The highest BCUT2D eigenvalue weighted by Gasteiger charge is 2.24. The molecule has 0 spiro atoms. The maximum Gasteiger partial charge on any atom is 0.261 e. The van der Waals surface area contributed by atoms with Crippen molar-refractivity contribution in [3.63, 3.8) is 0 Å². The lowest BCUT2D eigenvalue weighted by Gasteiger charge is -2.21. The third-order valence-electron chi connectivity index (χ3n) is 4.74. The lowest BCUT2D eigenvalue weighted by atomic mass is 10.1. The van der Waals surface area contributed by atoms with Gasteiger partial charge in [-0.2, -0.15) is 0 Å². The number of carbonyl (C=O) groups is 2. The monoisotopic (exact) mass is 468 g/mol. The molecule has 10 heteroatoms. The van der Waals surface area contributed by atoms with Crippen LogP contribution in [0.25, 0.3) is 0 Å². The van der Waals surface area contributed by atoms with Crippen LogP contribution >= 0.6 is 11.8 Å². The van der Waals surface area contributed by atoms with E-state index in [4.69, 9.17) is 5.73 Å². The van der Waals surface area contributed by atoms with E-state index in [1.807, 2.05) is 6.92 Å². The van der Waals surface area contributed by atoms with E-state index in [0.717, 1.165) is 4.90 Å². The molecule has 0 aliphatic carbocycles. The van der Waals surface area contributed by atoms with Crippen LogP contribution in [0.1, 0.15) is 17.3 Å². The molecule has 1 unspecified atom stereocenters. The van der Waals surface area contributed by atoms with Gasteiger partial charge in [-0.05, 0) is 67.6 Å². The fraction of sp³-hybridized carbons (Fsp3) is 0.0909. The van der Waals surface area contributed by atoms with Gasteiger partial charge in [0, 0.05) is 27.5 Å². The minimum absolute atomic E-state index is 0.00443. The van der Waals surface area contributed by atoms with Crippen molar-refractivity contribution >= 4 is 56.3 Å². The van der Waals surface area contributed by atoms with Crippen molar-refractivity contribution < 1.29 is 18.0 Å². The highest BCUT2D eigenvalue weighted by atomic mass is 32.2. The van der Waals surface area contributed by atoms with Gasteiger partial charge in [-0.3, -0.25) is 14.3 Å². The van der Waals surface area contributed by atoms with Crippen molar-refractivity contribution in [3.05, 3.63) is 72.3 Å². The van der Waals surface area contributed by atoms with Gasteiger partial charge in [0.1, 0.15) is 0 Å². The van der Waals surface area contributed by atoms with Crippen molar-refractivity contribution in [1.82, 2.24) is 0 Å². The van der Waals surface area contributed by atoms with Crippen molar-refractivity contribution in [2.24, 2.45) is 0 Å². The van der Waals surface area contributed by atoms with Crippen LogP contribution in [-0.2, 0) is 14.8 Å². The van der Waals surface area contributed by atoms with E-state index in [9.17, 15) is 18.0 Å². The van der Waals surface area contributed by atoms with Crippen LogP contribution in [0, 0.1) is 0 Å². The SMILES string of the molecule is CC1Sc2ccc(C(=O)Nc3cccc(S(=O)(=O)Nc4ccc(N)cc4)c3)cc2NC1=O. The minimum atomic E-state index is -3.86. The van der Waals surface area contributed by atoms with Crippen LogP contribution in [0.5, 0.6) is 0 Å². The lowest BCUT2D eigenvalue weighted by molar-refractivity contribution is -0.115. The van der Waals surface area contributed by atoms with E-state index >= 15 is 0 Å². The summed E-state index contributed by atoms with van der Waals surface area (Å²) in [4.78, 5) is 25.5. The van der Waals surface area contributed by atoms with E-state index in [1.54, 1.807) is 48.5 Å². The van der Waals surface area contributed by atoms with Gasteiger partial charge in [0.05, 0.1) is 15.8 Å². The smallest absolute Gasteiger partial charge is 0.261 e. The third kappa shape index (κ3) is 4.71. The Morgan fingerprint density at radius 2 is 1.78 bits per heavy atom. The zero-order chi connectivity index (χ0) is 22.9. The van der Waals surface area contributed by atoms with Crippen LogP contribution in [0.2, 0.25) is 0 Å². The standard InChI is InChI=1S/C22H20N4O4S2/c1-13-21(27)25-19-11-14(5-10-20(19)31-13)22(28)24-17-3-2-4-18(12-17)32(29,30)26-16-8-6-15(23)7-9-16/h2-13,26H,23H2,1H3,(H,24,28)(H,25,27). The Bertz CT molecular complexity index is 1310. The predicted molar refractivity (Wildman–Crippen MR) is 126 cm³/mol. The van der Waals surface area contributed by atoms with E-state index in [2.05, 4.69) is 15.4 Å². The molecule has 1 heterocycles. The molecule has 8 nitrogen and oxygen atoms in total. The molecule has 1 atom stereocenters. The van der Waals surface area contributed by atoms with E-state index < -0.39 is 15.9 Å². The molecule has 0 saturated carbocycles. The third-order valence-corrected chi connectivity index (χ3v) is 7.29. The molecule has 0 fully saturated rings. The summed E-state index contributed by atoms with van der Waals surface area (Å²) in [5.41, 5.74) is 7.76. The van der Waals surface area contributed by atoms with Gasteiger partial charge in [-0.15, -0.1) is 11.8 Å². The maximum atomic E-state index is 12.7. The number of sulfonamides is 1. The Labute approximate surface area is 189 Å². The average Bonchev–Trinajstić information content (AvgIpc) is 2.76. The zero-order valence-corrected chi connectivity index (χ0v) is 18.6. The van der Waals surface area contributed by atoms with Crippen molar-refractivity contribution in [3.8, 4) is 0 Å². The van der Waals surface area contributed by atoms with Gasteiger partial charge in [0.2, 0.25) is 5.91 Å². The molecule has 1 aliphatic heterocycles. The number of nitrogens with two attached hydrogens (primary N) is 1. The van der Waals surface area contributed by atoms with Crippen LogP contribution < -0.4 is 21.1 Å². The number of carbonyl (C=O) groups excluding carboxylic acids is 2. The fourth-order valence-electron chi connectivity index (χ4n) is 3.06.